The van der Waals surface area contributed by atoms with E-state index in [-0.39, 0.29) is 0 Å². The van der Waals surface area contributed by atoms with E-state index >= 15 is 0 Å². The Bertz CT molecular complexity index is 424. The molecule has 0 aliphatic heterocycles. The monoisotopic (exact) mass is 229 g/mol. The van der Waals surface area contributed by atoms with Gasteiger partial charge < -0.3 is 5.32 Å². The van der Waals surface area contributed by atoms with E-state index < -0.39 is 17.9 Å². The highest BCUT2D eigenvalue weighted by Gasteiger charge is 2.52. The summed E-state index contributed by atoms with van der Waals surface area (Å²) in [7, 11) is 1.68. The number of hydrogen-bond acceptors (Lipinski definition) is 2. The Labute approximate surface area is 91.6 Å². The van der Waals surface area contributed by atoms with Gasteiger partial charge in [0.25, 0.3) is 12.3 Å². The molecule has 0 spiro atoms. The first kappa shape index (κ1) is 11.0. The number of halogens is 2. The van der Waals surface area contributed by atoms with E-state index in [1.807, 2.05) is 0 Å². The molecule has 1 N–H and O–H groups in total. The molecule has 1 amide bonds. The van der Waals surface area contributed by atoms with Crippen LogP contribution in [0.15, 0.2) is 6.20 Å². The summed E-state index contributed by atoms with van der Waals surface area (Å²) >= 11 is 0. The molecule has 0 unspecified atom stereocenters. The summed E-state index contributed by atoms with van der Waals surface area (Å²) in [5, 5.41) is 6.39. The van der Waals surface area contributed by atoms with Crippen molar-refractivity contribution in [1.29, 1.82) is 0 Å². The number of aryl methyl sites for hydroxylation is 2. The zero-order valence-corrected chi connectivity index (χ0v) is 9.13. The maximum absolute atomic E-state index is 12.6. The predicted octanol–water partition coefficient (Wildman–Crippen LogP) is 1.26. The van der Waals surface area contributed by atoms with Crippen LogP contribution >= 0.6 is 0 Å². The Morgan fingerprint density at radius 3 is 2.62 bits per heavy atom. The Morgan fingerprint density at radius 2 is 2.25 bits per heavy atom. The Hall–Kier alpha value is -1.46. The molecular weight excluding hydrogens is 216 g/mol. The quantitative estimate of drug-likeness (QED) is 0.848. The summed E-state index contributed by atoms with van der Waals surface area (Å²) in [6.45, 7) is 1.68. The average Bonchev–Trinajstić information content (AvgIpc) is 2.87. The molecule has 16 heavy (non-hydrogen) atoms. The van der Waals surface area contributed by atoms with E-state index in [1.54, 1.807) is 14.0 Å². The molecule has 88 valence electrons. The minimum absolute atomic E-state index is 0.343. The van der Waals surface area contributed by atoms with Crippen molar-refractivity contribution in [2.24, 2.45) is 7.05 Å². The molecule has 0 saturated heterocycles. The molecule has 1 fully saturated rings. The van der Waals surface area contributed by atoms with Gasteiger partial charge in [0.1, 0.15) is 5.54 Å². The van der Waals surface area contributed by atoms with Crippen LogP contribution in [0.1, 0.15) is 28.9 Å². The van der Waals surface area contributed by atoms with Gasteiger partial charge in [-0.1, -0.05) is 0 Å². The summed E-state index contributed by atoms with van der Waals surface area (Å²) in [5.74, 6) is -0.469. The van der Waals surface area contributed by atoms with Crippen LogP contribution in [0, 0.1) is 6.92 Å². The zero-order valence-electron chi connectivity index (χ0n) is 9.13. The largest absolute Gasteiger partial charge is 0.341 e. The third kappa shape index (κ3) is 1.79. The number of alkyl halides is 2. The van der Waals surface area contributed by atoms with Crippen molar-refractivity contribution < 1.29 is 13.6 Å². The molecule has 1 saturated carbocycles. The van der Waals surface area contributed by atoms with Gasteiger partial charge in [0.15, 0.2) is 0 Å². The number of carbonyl (C=O) groups is 1. The highest BCUT2D eigenvalue weighted by atomic mass is 19.3. The molecule has 1 aromatic rings. The minimum Gasteiger partial charge on any atom is -0.341 e. The number of hydrogen-bond donors (Lipinski definition) is 1. The molecule has 0 aromatic carbocycles. The summed E-state index contributed by atoms with van der Waals surface area (Å²) in [5.41, 5.74) is -0.390. The Kier molecular flexibility index (Phi) is 2.44. The molecule has 0 radical (unpaired) electrons. The summed E-state index contributed by atoms with van der Waals surface area (Å²) < 4.78 is 26.7. The standard InChI is InChI=1S/C10H13F2N3O/c1-6-7(5-15(2)14-6)8(16)13-10(3-4-10)9(11)12/h5,9H,3-4H2,1-2H3,(H,13,16). The van der Waals surface area contributed by atoms with E-state index in [4.69, 9.17) is 0 Å². The molecule has 1 aromatic heterocycles. The van der Waals surface area contributed by atoms with Gasteiger partial charge in [-0.25, -0.2) is 8.78 Å². The fourth-order valence-electron chi connectivity index (χ4n) is 1.65. The maximum atomic E-state index is 12.6. The minimum atomic E-state index is -2.51. The topological polar surface area (TPSA) is 46.9 Å². The summed E-state index contributed by atoms with van der Waals surface area (Å²) in [6, 6.07) is 0. The second-order valence-electron chi connectivity index (χ2n) is 4.21. The normalized spacial score (nSPS) is 17.6. The number of nitrogens with zero attached hydrogens (tertiary/aromatic N) is 2. The van der Waals surface area contributed by atoms with Crippen LogP contribution in [0.2, 0.25) is 0 Å². The van der Waals surface area contributed by atoms with Crippen molar-refractivity contribution in [2.45, 2.75) is 31.7 Å². The molecule has 1 aliphatic carbocycles. The van der Waals surface area contributed by atoms with Crippen molar-refractivity contribution in [1.82, 2.24) is 15.1 Å². The van der Waals surface area contributed by atoms with Gasteiger partial charge in [-0.2, -0.15) is 5.10 Å². The van der Waals surface area contributed by atoms with Gasteiger partial charge in [0, 0.05) is 13.2 Å². The van der Waals surface area contributed by atoms with Crippen LogP contribution in [0.3, 0.4) is 0 Å². The second kappa shape index (κ2) is 3.54. The van der Waals surface area contributed by atoms with Crippen LogP contribution in [0.5, 0.6) is 0 Å². The first-order valence-corrected chi connectivity index (χ1v) is 5.05. The van der Waals surface area contributed by atoms with E-state index in [0.29, 0.717) is 24.1 Å². The molecule has 6 heteroatoms. The predicted molar refractivity (Wildman–Crippen MR) is 53.4 cm³/mol. The van der Waals surface area contributed by atoms with Crippen molar-refractivity contribution in [3.63, 3.8) is 0 Å². The highest BCUT2D eigenvalue weighted by molar-refractivity contribution is 5.95. The van der Waals surface area contributed by atoms with Gasteiger partial charge in [-0.05, 0) is 19.8 Å². The molecule has 4 nitrogen and oxygen atoms in total. The summed E-state index contributed by atoms with van der Waals surface area (Å²) in [4.78, 5) is 11.7. The molecular formula is C10H13F2N3O. The maximum Gasteiger partial charge on any atom is 0.261 e. The fraction of sp³-hybridized carbons (Fsp3) is 0.600. The van der Waals surface area contributed by atoms with Crippen molar-refractivity contribution in [3.8, 4) is 0 Å². The van der Waals surface area contributed by atoms with E-state index in [1.165, 1.54) is 10.9 Å². The average molecular weight is 229 g/mol. The van der Waals surface area contributed by atoms with Crippen molar-refractivity contribution >= 4 is 5.91 Å². The number of carbonyl (C=O) groups excluding carboxylic acids is 1. The van der Waals surface area contributed by atoms with Crippen LogP contribution < -0.4 is 5.32 Å². The lowest BCUT2D eigenvalue weighted by Gasteiger charge is -2.15. The first-order chi connectivity index (χ1) is 7.44. The zero-order chi connectivity index (χ0) is 11.9. The van der Waals surface area contributed by atoms with Crippen LogP contribution in [0.4, 0.5) is 8.78 Å². The second-order valence-corrected chi connectivity index (χ2v) is 4.21. The van der Waals surface area contributed by atoms with Gasteiger partial charge in [-0.3, -0.25) is 9.48 Å². The number of aromatic nitrogens is 2. The van der Waals surface area contributed by atoms with Crippen molar-refractivity contribution in [2.75, 3.05) is 0 Å². The molecule has 1 aliphatic rings. The third-order valence-electron chi connectivity index (χ3n) is 2.83. The molecule has 0 bridgehead atoms. The first-order valence-electron chi connectivity index (χ1n) is 5.05. The lowest BCUT2D eigenvalue weighted by atomic mass is 10.2. The van der Waals surface area contributed by atoms with E-state index in [2.05, 4.69) is 10.4 Å². The van der Waals surface area contributed by atoms with Crippen LogP contribution in [-0.2, 0) is 7.05 Å². The Balaban J connectivity index is 2.12. The Morgan fingerprint density at radius 1 is 1.62 bits per heavy atom. The lowest BCUT2D eigenvalue weighted by Crippen LogP contribution is -2.42. The highest BCUT2D eigenvalue weighted by Crippen LogP contribution is 2.41. The number of amides is 1. The van der Waals surface area contributed by atoms with Crippen LogP contribution in [0.25, 0.3) is 0 Å². The molecule has 2 rings (SSSR count). The number of rotatable bonds is 3. The van der Waals surface area contributed by atoms with Gasteiger partial charge in [0.2, 0.25) is 0 Å². The number of nitrogens with one attached hydrogen (secondary N) is 1. The SMILES string of the molecule is Cc1nn(C)cc1C(=O)NC1(C(F)F)CC1. The fourth-order valence-corrected chi connectivity index (χ4v) is 1.65. The van der Waals surface area contributed by atoms with Crippen molar-refractivity contribution in [3.05, 3.63) is 17.5 Å². The van der Waals surface area contributed by atoms with E-state index in [0.717, 1.165) is 0 Å². The molecule has 0 atom stereocenters. The van der Waals surface area contributed by atoms with Gasteiger partial charge >= 0.3 is 0 Å². The van der Waals surface area contributed by atoms with E-state index in [9.17, 15) is 13.6 Å². The third-order valence-corrected chi connectivity index (χ3v) is 2.83. The van der Waals surface area contributed by atoms with Crippen LogP contribution in [-0.4, -0.2) is 27.7 Å². The molecule has 1 heterocycles. The lowest BCUT2D eigenvalue weighted by molar-refractivity contribution is 0.0679. The van der Waals surface area contributed by atoms with Gasteiger partial charge in [0.05, 0.1) is 11.3 Å². The van der Waals surface area contributed by atoms with Gasteiger partial charge in [-0.15, -0.1) is 0 Å². The smallest absolute Gasteiger partial charge is 0.261 e. The summed E-state index contributed by atoms with van der Waals surface area (Å²) in [6.07, 6.45) is -0.286.